The summed E-state index contributed by atoms with van der Waals surface area (Å²) in [5.41, 5.74) is 2.10. The van der Waals surface area contributed by atoms with E-state index in [1.54, 1.807) is 31.2 Å². The van der Waals surface area contributed by atoms with E-state index >= 15 is 0 Å². The molecule has 4 rings (SSSR count). The number of thioether (sulfide) groups is 1. The SMILES string of the molecule is CC(=O)SC1CCN(C(C(=O)C2CC2)c2ccccc2F)CC1=Cc1ccon1. The number of piperidine rings is 1. The Balaban J connectivity index is 1.66. The first kappa shape index (κ1) is 20.0. The number of hydrogen-bond acceptors (Lipinski definition) is 6. The van der Waals surface area contributed by atoms with Gasteiger partial charge in [0.2, 0.25) is 0 Å². The Kier molecular flexibility index (Phi) is 5.96. The Labute approximate surface area is 173 Å². The number of benzene rings is 1. The maximum Gasteiger partial charge on any atom is 0.186 e. The molecule has 0 spiro atoms. The zero-order chi connectivity index (χ0) is 20.4. The summed E-state index contributed by atoms with van der Waals surface area (Å²) < 4.78 is 19.5. The van der Waals surface area contributed by atoms with Crippen LogP contribution in [-0.2, 0) is 9.59 Å². The van der Waals surface area contributed by atoms with Gasteiger partial charge in [-0.2, -0.15) is 0 Å². The van der Waals surface area contributed by atoms with Crippen molar-refractivity contribution in [2.45, 2.75) is 37.5 Å². The minimum absolute atomic E-state index is 0.0118. The van der Waals surface area contributed by atoms with Crippen LogP contribution in [0.25, 0.3) is 6.08 Å². The molecule has 2 fully saturated rings. The van der Waals surface area contributed by atoms with E-state index in [2.05, 4.69) is 5.16 Å². The summed E-state index contributed by atoms with van der Waals surface area (Å²) >= 11 is 1.29. The molecule has 1 saturated heterocycles. The summed E-state index contributed by atoms with van der Waals surface area (Å²) in [5, 5.41) is 4.01. The van der Waals surface area contributed by atoms with E-state index in [-0.39, 0.29) is 27.9 Å². The number of aromatic nitrogens is 1. The highest BCUT2D eigenvalue weighted by Gasteiger charge is 2.41. The van der Waals surface area contributed by atoms with Crippen LogP contribution in [-0.4, -0.2) is 39.3 Å². The maximum atomic E-state index is 14.6. The minimum Gasteiger partial charge on any atom is -0.364 e. The molecule has 29 heavy (non-hydrogen) atoms. The topological polar surface area (TPSA) is 63.4 Å². The Morgan fingerprint density at radius 2 is 2.07 bits per heavy atom. The van der Waals surface area contributed by atoms with E-state index in [1.807, 2.05) is 11.0 Å². The van der Waals surface area contributed by atoms with Crippen LogP contribution in [0.5, 0.6) is 0 Å². The molecule has 0 amide bonds. The number of halogens is 1. The van der Waals surface area contributed by atoms with Gasteiger partial charge in [-0.25, -0.2) is 4.39 Å². The zero-order valence-electron chi connectivity index (χ0n) is 16.2. The summed E-state index contributed by atoms with van der Waals surface area (Å²) in [7, 11) is 0. The third-order valence-electron chi connectivity index (χ3n) is 5.39. The normalized spacial score (nSPS) is 22.6. The highest BCUT2D eigenvalue weighted by Crippen LogP contribution is 2.40. The highest BCUT2D eigenvalue weighted by atomic mass is 32.2. The molecule has 0 radical (unpaired) electrons. The van der Waals surface area contributed by atoms with Gasteiger partial charge in [0.1, 0.15) is 17.8 Å². The summed E-state index contributed by atoms with van der Waals surface area (Å²) in [5.74, 6) is -0.241. The Bertz CT molecular complexity index is 924. The van der Waals surface area contributed by atoms with Crippen LogP contribution in [0.4, 0.5) is 4.39 Å². The lowest BCUT2D eigenvalue weighted by atomic mass is 9.93. The van der Waals surface area contributed by atoms with Crippen LogP contribution in [0.2, 0.25) is 0 Å². The van der Waals surface area contributed by atoms with Crippen molar-refractivity contribution >= 4 is 28.7 Å². The molecule has 2 aliphatic rings. The van der Waals surface area contributed by atoms with Gasteiger partial charge >= 0.3 is 0 Å². The van der Waals surface area contributed by atoms with Gasteiger partial charge in [0.15, 0.2) is 10.9 Å². The van der Waals surface area contributed by atoms with E-state index in [9.17, 15) is 14.0 Å². The number of nitrogens with zero attached hydrogens (tertiary/aromatic N) is 2. The maximum absolute atomic E-state index is 14.6. The van der Waals surface area contributed by atoms with Crippen LogP contribution in [0.1, 0.15) is 43.5 Å². The van der Waals surface area contributed by atoms with Crippen LogP contribution >= 0.6 is 11.8 Å². The first-order valence-electron chi connectivity index (χ1n) is 9.83. The van der Waals surface area contributed by atoms with Crippen molar-refractivity contribution in [3.63, 3.8) is 0 Å². The molecule has 0 N–H and O–H groups in total. The van der Waals surface area contributed by atoms with Crippen molar-refractivity contribution in [3.8, 4) is 0 Å². The first-order chi connectivity index (χ1) is 14.0. The van der Waals surface area contributed by atoms with E-state index in [1.165, 1.54) is 24.1 Å². The zero-order valence-corrected chi connectivity index (χ0v) is 17.0. The standard InChI is InChI=1S/C22H23FN2O3S/c1-14(26)29-20-8-10-25(13-16(20)12-17-9-11-28-24-17)21(22(27)15-6-7-15)18-4-2-3-5-19(18)23/h2-5,9,11-12,15,20-21H,6-8,10,13H2,1H3. The van der Waals surface area contributed by atoms with Crippen LogP contribution in [0, 0.1) is 11.7 Å². The fourth-order valence-corrected chi connectivity index (χ4v) is 4.80. The van der Waals surface area contributed by atoms with Gasteiger partial charge in [0.05, 0.1) is 6.04 Å². The molecule has 2 heterocycles. The van der Waals surface area contributed by atoms with Gasteiger partial charge in [-0.3, -0.25) is 14.5 Å². The average molecular weight is 415 g/mol. The average Bonchev–Trinajstić information content (AvgIpc) is 3.42. The number of ketones is 1. The minimum atomic E-state index is -0.604. The second kappa shape index (κ2) is 8.63. The first-order valence-corrected chi connectivity index (χ1v) is 10.7. The summed E-state index contributed by atoms with van der Waals surface area (Å²) in [4.78, 5) is 26.9. The predicted octanol–water partition coefficient (Wildman–Crippen LogP) is 4.27. The van der Waals surface area contributed by atoms with Crippen molar-refractivity contribution in [1.82, 2.24) is 10.1 Å². The number of likely N-dealkylation sites (tertiary alicyclic amines) is 1. The second-order valence-corrected chi connectivity index (χ2v) is 8.98. The quantitative estimate of drug-likeness (QED) is 0.703. The molecule has 1 aliphatic carbocycles. The van der Waals surface area contributed by atoms with Gasteiger partial charge in [0.25, 0.3) is 0 Å². The molecule has 5 nitrogen and oxygen atoms in total. The largest absolute Gasteiger partial charge is 0.364 e. The molecule has 2 aromatic rings. The molecule has 7 heteroatoms. The molecule has 1 aliphatic heterocycles. The lowest BCUT2D eigenvalue weighted by molar-refractivity contribution is -0.126. The van der Waals surface area contributed by atoms with Gasteiger partial charge in [-0.1, -0.05) is 35.1 Å². The van der Waals surface area contributed by atoms with Crippen molar-refractivity contribution in [1.29, 1.82) is 0 Å². The van der Waals surface area contributed by atoms with E-state index < -0.39 is 6.04 Å². The number of carbonyl (C=O) groups excluding carboxylic acids is 2. The van der Waals surface area contributed by atoms with Crippen molar-refractivity contribution in [3.05, 3.63) is 59.2 Å². The molecular formula is C22H23FN2O3S. The third kappa shape index (κ3) is 4.67. The number of Topliss-reactive ketones (excluding diaryl/α,β-unsaturated/α-hetero) is 1. The summed E-state index contributed by atoms with van der Waals surface area (Å²) in [6.45, 7) is 2.66. The molecule has 1 saturated carbocycles. The van der Waals surface area contributed by atoms with Gasteiger partial charge in [0, 0.05) is 42.8 Å². The number of carbonyl (C=O) groups is 2. The Hall–Kier alpha value is -2.25. The summed E-state index contributed by atoms with van der Waals surface area (Å²) in [6, 6.07) is 7.68. The molecule has 1 aromatic heterocycles. The lowest BCUT2D eigenvalue weighted by Gasteiger charge is -2.38. The van der Waals surface area contributed by atoms with Gasteiger partial charge < -0.3 is 4.52 Å². The smallest absolute Gasteiger partial charge is 0.186 e. The second-order valence-electron chi connectivity index (χ2n) is 7.60. The predicted molar refractivity (Wildman–Crippen MR) is 110 cm³/mol. The molecule has 1 aromatic carbocycles. The van der Waals surface area contributed by atoms with E-state index in [0.29, 0.717) is 30.8 Å². The van der Waals surface area contributed by atoms with Crippen LogP contribution in [0.3, 0.4) is 0 Å². The van der Waals surface area contributed by atoms with Crippen molar-refractivity contribution in [2.24, 2.45) is 5.92 Å². The molecule has 152 valence electrons. The molecule has 2 atom stereocenters. The lowest BCUT2D eigenvalue weighted by Crippen LogP contribution is -2.43. The number of hydrogen-bond donors (Lipinski definition) is 0. The fourth-order valence-electron chi connectivity index (χ4n) is 3.88. The van der Waals surface area contributed by atoms with E-state index in [4.69, 9.17) is 4.52 Å². The van der Waals surface area contributed by atoms with E-state index in [0.717, 1.165) is 18.4 Å². The monoisotopic (exact) mass is 414 g/mol. The van der Waals surface area contributed by atoms with Crippen molar-refractivity contribution < 1.29 is 18.5 Å². The highest BCUT2D eigenvalue weighted by molar-refractivity contribution is 8.14. The third-order valence-corrected chi connectivity index (χ3v) is 6.55. The Morgan fingerprint density at radius 3 is 2.72 bits per heavy atom. The molecular weight excluding hydrogens is 391 g/mol. The molecule has 0 bridgehead atoms. The van der Waals surface area contributed by atoms with Gasteiger partial charge in [-0.15, -0.1) is 0 Å². The van der Waals surface area contributed by atoms with Gasteiger partial charge in [-0.05, 0) is 37.0 Å². The van der Waals surface area contributed by atoms with Crippen LogP contribution < -0.4 is 0 Å². The summed E-state index contributed by atoms with van der Waals surface area (Å²) in [6.07, 6.45) is 5.87. The van der Waals surface area contributed by atoms with Crippen molar-refractivity contribution in [2.75, 3.05) is 13.1 Å². The molecule has 2 unspecified atom stereocenters. The fraction of sp³-hybridized carbons (Fsp3) is 0.409. The number of rotatable bonds is 6. The Morgan fingerprint density at radius 1 is 1.28 bits per heavy atom. The van der Waals surface area contributed by atoms with Crippen LogP contribution in [0.15, 0.2) is 46.7 Å².